The number of ether oxygens (including phenoxy) is 1. The Morgan fingerprint density at radius 2 is 2.32 bits per heavy atom. The van der Waals surface area contributed by atoms with Gasteiger partial charge in [-0.15, -0.1) is 0 Å². The van der Waals surface area contributed by atoms with E-state index in [2.05, 4.69) is 25.9 Å². The van der Waals surface area contributed by atoms with Crippen molar-refractivity contribution in [3.8, 4) is 11.3 Å². The standard InChI is InChI=1S/C15H13FN6O3/c16-12-5-9(1-2-11(12)13-7-18-21-19-13)22-8-10(25-15(22)23)6-17-14-3-4-24-20-14/h1-5,7,10H,6,8H2,(H,17,20)(H,18,19,21)/t10-/m0/s1. The normalized spacial score (nSPS) is 16.9. The molecule has 1 saturated heterocycles. The molecule has 2 N–H and O–H groups in total. The summed E-state index contributed by atoms with van der Waals surface area (Å²) in [6.45, 7) is 0.667. The number of carbonyl (C=O) groups excluding carboxylic acids is 1. The van der Waals surface area contributed by atoms with Crippen LogP contribution in [-0.2, 0) is 4.74 Å². The van der Waals surface area contributed by atoms with E-state index in [9.17, 15) is 9.18 Å². The molecule has 1 amide bonds. The second-order valence-electron chi connectivity index (χ2n) is 5.40. The summed E-state index contributed by atoms with van der Waals surface area (Å²) >= 11 is 0. The first-order valence-corrected chi connectivity index (χ1v) is 7.49. The van der Waals surface area contributed by atoms with Gasteiger partial charge in [-0.3, -0.25) is 4.90 Å². The Kier molecular flexibility index (Phi) is 3.77. The number of anilines is 2. The van der Waals surface area contributed by atoms with Gasteiger partial charge in [0, 0.05) is 11.6 Å². The molecule has 0 unspecified atom stereocenters. The SMILES string of the molecule is O=C1O[C@@H](CNc2ccon2)CN1c1ccc(-c2cn[nH]n2)c(F)c1. The number of amides is 1. The number of rotatable bonds is 5. The second kappa shape index (κ2) is 6.23. The van der Waals surface area contributed by atoms with Crippen molar-refractivity contribution < 1.29 is 18.4 Å². The summed E-state index contributed by atoms with van der Waals surface area (Å²) in [7, 11) is 0. The fourth-order valence-electron chi connectivity index (χ4n) is 2.57. The Hall–Kier alpha value is -3.43. The van der Waals surface area contributed by atoms with Gasteiger partial charge in [0.15, 0.2) is 5.82 Å². The molecular weight excluding hydrogens is 331 g/mol. The number of nitrogens with one attached hydrogen (secondary N) is 2. The lowest BCUT2D eigenvalue weighted by atomic mass is 10.1. The van der Waals surface area contributed by atoms with Crippen molar-refractivity contribution in [1.29, 1.82) is 0 Å². The van der Waals surface area contributed by atoms with E-state index in [1.807, 2.05) is 0 Å². The zero-order chi connectivity index (χ0) is 17.2. The fraction of sp³-hybridized carbons (Fsp3) is 0.200. The molecule has 1 fully saturated rings. The van der Waals surface area contributed by atoms with Crippen molar-refractivity contribution in [1.82, 2.24) is 20.6 Å². The van der Waals surface area contributed by atoms with E-state index in [1.165, 1.54) is 23.4 Å². The minimum atomic E-state index is -0.527. The molecule has 4 rings (SSSR count). The van der Waals surface area contributed by atoms with E-state index >= 15 is 0 Å². The van der Waals surface area contributed by atoms with Crippen LogP contribution in [0.1, 0.15) is 0 Å². The third kappa shape index (κ3) is 3.01. The Morgan fingerprint density at radius 3 is 3.04 bits per heavy atom. The monoisotopic (exact) mass is 344 g/mol. The van der Waals surface area contributed by atoms with Crippen LogP contribution < -0.4 is 10.2 Å². The van der Waals surface area contributed by atoms with Crippen LogP contribution in [0.15, 0.2) is 41.2 Å². The van der Waals surface area contributed by atoms with Crippen LogP contribution in [0.5, 0.6) is 0 Å². The highest BCUT2D eigenvalue weighted by Gasteiger charge is 2.32. The Morgan fingerprint density at radius 1 is 1.40 bits per heavy atom. The minimum absolute atomic E-state index is 0.298. The lowest BCUT2D eigenvalue weighted by Gasteiger charge is -2.14. The number of aromatic amines is 1. The average molecular weight is 344 g/mol. The summed E-state index contributed by atoms with van der Waals surface area (Å²) in [6, 6.07) is 6.13. The van der Waals surface area contributed by atoms with Crippen LogP contribution in [0.4, 0.5) is 20.7 Å². The highest BCUT2D eigenvalue weighted by molar-refractivity contribution is 5.90. The van der Waals surface area contributed by atoms with E-state index < -0.39 is 11.9 Å². The molecule has 3 aromatic rings. The number of hydrogen-bond donors (Lipinski definition) is 2. The zero-order valence-electron chi connectivity index (χ0n) is 12.8. The molecule has 0 aliphatic carbocycles. The predicted molar refractivity (Wildman–Crippen MR) is 84.4 cm³/mol. The Labute approximate surface area is 140 Å². The molecule has 1 aliphatic rings. The number of cyclic esters (lactones) is 1. The van der Waals surface area contributed by atoms with Gasteiger partial charge in [0.1, 0.15) is 23.9 Å². The lowest BCUT2D eigenvalue weighted by molar-refractivity contribution is 0.147. The van der Waals surface area contributed by atoms with E-state index in [4.69, 9.17) is 9.26 Å². The molecule has 0 saturated carbocycles. The summed E-state index contributed by atoms with van der Waals surface area (Å²) < 4.78 is 24.3. The second-order valence-corrected chi connectivity index (χ2v) is 5.40. The largest absolute Gasteiger partial charge is 0.442 e. The number of carbonyl (C=O) groups is 1. The molecular formula is C15H13FN6O3. The third-order valence-electron chi connectivity index (χ3n) is 3.78. The molecule has 2 aromatic heterocycles. The lowest BCUT2D eigenvalue weighted by Crippen LogP contribution is -2.27. The van der Waals surface area contributed by atoms with E-state index in [0.717, 1.165) is 0 Å². The van der Waals surface area contributed by atoms with Gasteiger partial charge in [0.25, 0.3) is 0 Å². The van der Waals surface area contributed by atoms with E-state index in [0.29, 0.717) is 35.9 Å². The highest BCUT2D eigenvalue weighted by Crippen LogP contribution is 2.27. The van der Waals surface area contributed by atoms with Gasteiger partial charge in [0.2, 0.25) is 0 Å². The van der Waals surface area contributed by atoms with Gasteiger partial charge >= 0.3 is 6.09 Å². The van der Waals surface area contributed by atoms with Crippen molar-refractivity contribution >= 4 is 17.6 Å². The number of benzene rings is 1. The van der Waals surface area contributed by atoms with E-state index in [1.54, 1.807) is 18.2 Å². The molecule has 3 heterocycles. The fourth-order valence-corrected chi connectivity index (χ4v) is 2.57. The van der Waals surface area contributed by atoms with Crippen LogP contribution in [-0.4, -0.2) is 45.9 Å². The molecule has 0 radical (unpaired) electrons. The van der Waals surface area contributed by atoms with Crippen molar-refractivity contribution in [3.05, 3.63) is 42.5 Å². The molecule has 1 aliphatic heterocycles. The van der Waals surface area contributed by atoms with Gasteiger partial charge in [-0.05, 0) is 18.2 Å². The molecule has 1 aromatic carbocycles. The smallest absolute Gasteiger partial charge is 0.414 e. The molecule has 128 valence electrons. The average Bonchev–Trinajstić information content (AvgIpc) is 3.35. The van der Waals surface area contributed by atoms with Crippen LogP contribution in [0, 0.1) is 5.82 Å². The third-order valence-corrected chi connectivity index (χ3v) is 3.78. The highest BCUT2D eigenvalue weighted by atomic mass is 19.1. The maximum absolute atomic E-state index is 14.3. The maximum atomic E-state index is 14.3. The number of aromatic nitrogens is 4. The number of hydrogen-bond acceptors (Lipinski definition) is 7. The number of H-pyrrole nitrogens is 1. The van der Waals surface area contributed by atoms with Crippen molar-refractivity contribution in [3.63, 3.8) is 0 Å². The summed E-state index contributed by atoms with van der Waals surface area (Å²) in [5.74, 6) is 0.0564. The maximum Gasteiger partial charge on any atom is 0.414 e. The first kappa shape index (κ1) is 15.1. The van der Waals surface area contributed by atoms with Crippen molar-refractivity contribution in [2.45, 2.75) is 6.10 Å². The van der Waals surface area contributed by atoms with Gasteiger partial charge in [0.05, 0.1) is 25.0 Å². The van der Waals surface area contributed by atoms with Gasteiger partial charge in [-0.25, -0.2) is 9.18 Å². The molecule has 0 spiro atoms. The van der Waals surface area contributed by atoms with Crippen LogP contribution in [0.2, 0.25) is 0 Å². The van der Waals surface area contributed by atoms with Crippen molar-refractivity contribution in [2.24, 2.45) is 0 Å². The molecule has 25 heavy (non-hydrogen) atoms. The Bertz CT molecular complexity index is 868. The first-order valence-electron chi connectivity index (χ1n) is 7.49. The van der Waals surface area contributed by atoms with E-state index in [-0.39, 0.29) is 6.10 Å². The number of halogens is 1. The predicted octanol–water partition coefficient (Wildman–Crippen LogP) is 2.04. The number of nitrogens with zero attached hydrogens (tertiary/aromatic N) is 4. The van der Waals surface area contributed by atoms with Gasteiger partial charge < -0.3 is 14.6 Å². The quantitative estimate of drug-likeness (QED) is 0.729. The summed E-state index contributed by atoms with van der Waals surface area (Å²) in [5, 5.41) is 16.7. The Balaban J connectivity index is 1.46. The van der Waals surface area contributed by atoms with Gasteiger partial charge in [-0.1, -0.05) is 5.16 Å². The minimum Gasteiger partial charge on any atom is -0.442 e. The van der Waals surface area contributed by atoms with Gasteiger partial charge in [-0.2, -0.15) is 15.4 Å². The molecule has 9 nitrogen and oxygen atoms in total. The first-order chi connectivity index (χ1) is 12.2. The zero-order valence-corrected chi connectivity index (χ0v) is 12.8. The van der Waals surface area contributed by atoms with Crippen LogP contribution in [0.25, 0.3) is 11.3 Å². The van der Waals surface area contributed by atoms with Crippen LogP contribution in [0.3, 0.4) is 0 Å². The molecule has 0 bridgehead atoms. The van der Waals surface area contributed by atoms with Crippen LogP contribution >= 0.6 is 0 Å². The molecule has 10 heteroatoms. The molecule has 1 atom stereocenters. The summed E-state index contributed by atoms with van der Waals surface area (Å²) in [5.41, 5.74) is 1.11. The van der Waals surface area contributed by atoms with Crippen molar-refractivity contribution in [2.75, 3.05) is 23.3 Å². The topological polar surface area (TPSA) is 109 Å². The summed E-state index contributed by atoms with van der Waals surface area (Å²) in [6.07, 6.45) is 1.95. The summed E-state index contributed by atoms with van der Waals surface area (Å²) in [4.78, 5) is 13.4.